The van der Waals surface area contributed by atoms with E-state index in [4.69, 9.17) is 15.2 Å². The SMILES string of the molecule is CC(C)OC1=C(OC(C)C)C(=O)c2cc(N)ccc2C1=O. The first-order chi connectivity index (χ1) is 9.81. The lowest BCUT2D eigenvalue weighted by Gasteiger charge is -2.24. The zero-order valence-electron chi connectivity index (χ0n) is 12.6. The smallest absolute Gasteiger partial charge is 0.232 e. The molecule has 1 aromatic rings. The van der Waals surface area contributed by atoms with E-state index in [1.807, 2.05) is 0 Å². The molecule has 0 radical (unpaired) electrons. The van der Waals surface area contributed by atoms with Crippen LogP contribution in [0.1, 0.15) is 48.4 Å². The van der Waals surface area contributed by atoms with Crippen LogP contribution in [0.15, 0.2) is 29.7 Å². The van der Waals surface area contributed by atoms with Crippen molar-refractivity contribution in [2.75, 3.05) is 5.73 Å². The van der Waals surface area contributed by atoms with Crippen molar-refractivity contribution < 1.29 is 19.1 Å². The molecule has 5 nitrogen and oxygen atoms in total. The predicted molar refractivity (Wildman–Crippen MR) is 79.0 cm³/mol. The van der Waals surface area contributed by atoms with Gasteiger partial charge in [-0.05, 0) is 45.9 Å². The van der Waals surface area contributed by atoms with E-state index in [0.29, 0.717) is 11.3 Å². The molecule has 0 heterocycles. The van der Waals surface area contributed by atoms with Crippen molar-refractivity contribution in [2.45, 2.75) is 39.9 Å². The van der Waals surface area contributed by atoms with Crippen LogP contribution in [0.25, 0.3) is 0 Å². The average molecular weight is 289 g/mol. The maximum Gasteiger partial charge on any atom is 0.232 e. The van der Waals surface area contributed by atoms with Gasteiger partial charge in [-0.15, -0.1) is 0 Å². The van der Waals surface area contributed by atoms with Gasteiger partial charge in [0.1, 0.15) is 0 Å². The Morgan fingerprint density at radius 1 is 0.857 bits per heavy atom. The fourth-order valence-corrected chi connectivity index (χ4v) is 2.08. The number of allylic oxidation sites excluding steroid dienone is 2. The molecule has 1 aliphatic carbocycles. The molecule has 0 atom stereocenters. The Hall–Kier alpha value is -2.30. The van der Waals surface area contributed by atoms with E-state index in [2.05, 4.69) is 0 Å². The van der Waals surface area contributed by atoms with E-state index in [0.717, 1.165) is 0 Å². The predicted octanol–water partition coefficient (Wildman–Crippen LogP) is 2.71. The Kier molecular flexibility index (Phi) is 4.02. The highest BCUT2D eigenvalue weighted by atomic mass is 16.5. The van der Waals surface area contributed by atoms with E-state index in [9.17, 15) is 9.59 Å². The first-order valence-electron chi connectivity index (χ1n) is 6.87. The summed E-state index contributed by atoms with van der Waals surface area (Å²) >= 11 is 0. The largest absolute Gasteiger partial charge is 0.483 e. The van der Waals surface area contributed by atoms with Crippen LogP contribution >= 0.6 is 0 Å². The van der Waals surface area contributed by atoms with Crippen molar-refractivity contribution in [2.24, 2.45) is 0 Å². The molecule has 0 amide bonds. The minimum atomic E-state index is -0.374. The second kappa shape index (κ2) is 5.60. The van der Waals surface area contributed by atoms with Crippen LogP contribution in [0.3, 0.4) is 0 Å². The number of nitrogen functional groups attached to an aromatic ring is 1. The number of hydrogen-bond donors (Lipinski definition) is 1. The summed E-state index contributed by atoms with van der Waals surface area (Å²) in [7, 11) is 0. The average Bonchev–Trinajstić information content (AvgIpc) is 2.39. The molecule has 112 valence electrons. The Labute approximate surface area is 123 Å². The van der Waals surface area contributed by atoms with Crippen molar-refractivity contribution in [1.29, 1.82) is 0 Å². The van der Waals surface area contributed by atoms with Gasteiger partial charge < -0.3 is 15.2 Å². The monoisotopic (exact) mass is 289 g/mol. The van der Waals surface area contributed by atoms with Crippen molar-refractivity contribution in [3.8, 4) is 0 Å². The number of nitrogens with two attached hydrogens (primary N) is 1. The third-order valence-corrected chi connectivity index (χ3v) is 2.86. The summed E-state index contributed by atoms with van der Waals surface area (Å²) in [6.45, 7) is 7.14. The van der Waals surface area contributed by atoms with Gasteiger partial charge in [-0.3, -0.25) is 9.59 Å². The first kappa shape index (κ1) is 15.1. The summed E-state index contributed by atoms with van der Waals surface area (Å²) in [6, 6.07) is 4.62. The zero-order valence-corrected chi connectivity index (χ0v) is 12.6. The van der Waals surface area contributed by atoms with Crippen molar-refractivity contribution in [1.82, 2.24) is 0 Å². The van der Waals surface area contributed by atoms with E-state index in [1.165, 1.54) is 6.07 Å². The van der Waals surface area contributed by atoms with Gasteiger partial charge in [-0.25, -0.2) is 0 Å². The van der Waals surface area contributed by atoms with E-state index >= 15 is 0 Å². The molecule has 0 saturated heterocycles. The van der Waals surface area contributed by atoms with Crippen molar-refractivity contribution in [3.05, 3.63) is 40.8 Å². The summed E-state index contributed by atoms with van der Waals surface area (Å²) in [5.41, 5.74) is 6.67. The molecule has 21 heavy (non-hydrogen) atoms. The molecule has 2 rings (SSSR count). The third kappa shape index (κ3) is 2.91. The fraction of sp³-hybridized carbons (Fsp3) is 0.375. The van der Waals surface area contributed by atoms with E-state index < -0.39 is 0 Å². The third-order valence-electron chi connectivity index (χ3n) is 2.86. The molecule has 0 aromatic heterocycles. The lowest BCUT2D eigenvalue weighted by Crippen LogP contribution is -2.27. The van der Waals surface area contributed by atoms with Crippen molar-refractivity contribution in [3.63, 3.8) is 0 Å². The summed E-state index contributed by atoms with van der Waals surface area (Å²) in [4.78, 5) is 25.1. The molecule has 0 spiro atoms. The number of fused-ring (bicyclic) bond motifs is 1. The normalized spacial score (nSPS) is 14.8. The summed E-state index contributed by atoms with van der Waals surface area (Å²) in [5, 5.41) is 0. The van der Waals surface area contributed by atoms with Gasteiger partial charge in [0.15, 0.2) is 0 Å². The number of Topliss-reactive ketones (excluding diaryl/α,β-unsaturated/α-hetero) is 2. The first-order valence-corrected chi connectivity index (χ1v) is 6.87. The molecule has 0 unspecified atom stereocenters. The molecule has 0 aliphatic heterocycles. The fourth-order valence-electron chi connectivity index (χ4n) is 2.08. The minimum Gasteiger partial charge on any atom is -0.483 e. The van der Waals surface area contributed by atoms with E-state index in [-0.39, 0.29) is 40.9 Å². The topological polar surface area (TPSA) is 78.6 Å². The van der Waals surface area contributed by atoms with Gasteiger partial charge in [-0.1, -0.05) is 0 Å². The molecule has 0 bridgehead atoms. The summed E-state index contributed by atoms with van der Waals surface area (Å²) in [6.07, 6.45) is -0.483. The Morgan fingerprint density at radius 3 is 1.81 bits per heavy atom. The quantitative estimate of drug-likeness (QED) is 0.862. The van der Waals surface area contributed by atoms with Crippen LogP contribution in [0.4, 0.5) is 5.69 Å². The summed E-state index contributed by atoms with van der Waals surface area (Å²) < 4.78 is 11.1. The van der Waals surface area contributed by atoms with E-state index in [1.54, 1.807) is 39.8 Å². The number of rotatable bonds is 4. The molecule has 0 saturated carbocycles. The van der Waals surface area contributed by atoms with Gasteiger partial charge in [0.25, 0.3) is 0 Å². The lowest BCUT2D eigenvalue weighted by atomic mass is 9.91. The number of benzene rings is 1. The number of ether oxygens (including phenoxy) is 2. The molecular formula is C16H19NO4. The number of anilines is 1. The minimum absolute atomic E-state index is 0.0269. The Morgan fingerprint density at radius 2 is 1.33 bits per heavy atom. The number of carbonyl (C=O) groups excluding carboxylic acids is 2. The Balaban J connectivity index is 2.58. The maximum atomic E-state index is 12.6. The summed E-state index contributed by atoms with van der Waals surface area (Å²) in [5.74, 6) is -0.794. The highest BCUT2D eigenvalue weighted by Crippen LogP contribution is 2.30. The van der Waals surface area contributed by atoms with Crippen LogP contribution in [-0.2, 0) is 9.47 Å². The van der Waals surface area contributed by atoms with Gasteiger partial charge in [-0.2, -0.15) is 0 Å². The van der Waals surface area contributed by atoms with Gasteiger partial charge in [0.2, 0.25) is 23.1 Å². The van der Waals surface area contributed by atoms with Crippen molar-refractivity contribution >= 4 is 17.3 Å². The molecule has 1 aliphatic rings. The maximum absolute atomic E-state index is 12.6. The van der Waals surface area contributed by atoms with Crippen LogP contribution in [0.2, 0.25) is 0 Å². The van der Waals surface area contributed by atoms with Gasteiger partial charge in [0, 0.05) is 16.8 Å². The molecule has 2 N–H and O–H groups in total. The van der Waals surface area contributed by atoms with Crippen LogP contribution < -0.4 is 5.73 Å². The van der Waals surface area contributed by atoms with Crippen LogP contribution in [0.5, 0.6) is 0 Å². The second-order valence-electron chi connectivity index (χ2n) is 5.45. The lowest BCUT2D eigenvalue weighted by molar-refractivity contribution is 0.0594. The zero-order chi connectivity index (χ0) is 15.7. The number of carbonyl (C=O) groups is 2. The van der Waals surface area contributed by atoms with Crippen LogP contribution in [0, 0.1) is 0 Å². The van der Waals surface area contributed by atoms with Gasteiger partial charge in [0.05, 0.1) is 12.2 Å². The molecular weight excluding hydrogens is 270 g/mol. The number of hydrogen-bond acceptors (Lipinski definition) is 5. The van der Waals surface area contributed by atoms with Crippen LogP contribution in [-0.4, -0.2) is 23.8 Å². The van der Waals surface area contributed by atoms with Gasteiger partial charge >= 0.3 is 0 Å². The molecule has 5 heteroatoms. The highest BCUT2D eigenvalue weighted by Gasteiger charge is 2.36. The number of ketones is 2. The second-order valence-corrected chi connectivity index (χ2v) is 5.45. The molecule has 1 aromatic carbocycles. The standard InChI is InChI=1S/C16H19NO4/c1-8(2)20-15-13(18)11-6-5-10(17)7-12(11)14(19)16(15)21-9(3)4/h5-9H,17H2,1-4H3. The molecule has 0 fully saturated rings. The Bertz CT molecular complexity index is 629. The highest BCUT2D eigenvalue weighted by molar-refractivity contribution is 6.25.